The SMILES string of the molecule is CC(C)(C)OC=O.CC(C)C12CCC(N)(CC=O)C1C2. The molecule has 4 heteroatoms. The topological polar surface area (TPSA) is 69.4 Å². The highest BCUT2D eigenvalue weighted by atomic mass is 16.5. The molecule has 4 nitrogen and oxygen atoms in total. The van der Waals surface area contributed by atoms with Crippen molar-refractivity contribution in [1.29, 1.82) is 0 Å². The van der Waals surface area contributed by atoms with E-state index in [0.29, 0.717) is 24.2 Å². The van der Waals surface area contributed by atoms with Crippen LogP contribution in [-0.4, -0.2) is 23.9 Å². The highest BCUT2D eigenvalue weighted by molar-refractivity contribution is 5.53. The van der Waals surface area contributed by atoms with Crippen molar-refractivity contribution < 1.29 is 14.3 Å². The third kappa shape index (κ3) is 3.60. The van der Waals surface area contributed by atoms with Gasteiger partial charge >= 0.3 is 0 Å². The summed E-state index contributed by atoms with van der Waals surface area (Å²) in [5.74, 6) is 1.36. The lowest BCUT2D eigenvalue weighted by Crippen LogP contribution is -2.40. The van der Waals surface area contributed by atoms with Crippen LogP contribution in [0.15, 0.2) is 0 Å². The van der Waals surface area contributed by atoms with Gasteiger partial charge in [-0.25, -0.2) is 0 Å². The Kier molecular flexibility index (Phi) is 5.01. The largest absolute Gasteiger partial charge is 0.462 e. The monoisotopic (exact) mass is 283 g/mol. The van der Waals surface area contributed by atoms with Crippen LogP contribution in [0.1, 0.15) is 60.3 Å². The van der Waals surface area contributed by atoms with E-state index in [9.17, 15) is 9.59 Å². The molecule has 0 amide bonds. The van der Waals surface area contributed by atoms with Gasteiger partial charge in [0, 0.05) is 12.0 Å². The third-order valence-corrected chi connectivity index (χ3v) is 4.88. The van der Waals surface area contributed by atoms with Crippen molar-refractivity contribution in [2.24, 2.45) is 23.0 Å². The molecule has 2 aliphatic carbocycles. The van der Waals surface area contributed by atoms with Gasteiger partial charge < -0.3 is 15.3 Å². The summed E-state index contributed by atoms with van der Waals surface area (Å²) in [6, 6.07) is 0. The van der Waals surface area contributed by atoms with E-state index in [4.69, 9.17) is 5.73 Å². The molecule has 2 N–H and O–H groups in total. The molecule has 0 aromatic carbocycles. The molecule has 0 saturated heterocycles. The van der Waals surface area contributed by atoms with Gasteiger partial charge in [-0.05, 0) is 57.3 Å². The number of carbonyl (C=O) groups excluding carboxylic acids is 2. The molecule has 2 rings (SSSR count). The summed E-state index contributed by atoms with van der Waals surface area (Å²) in [5.41, 5.74) is 6.29. The lowest BCUT2D eigenvalue weighted by atomic mass is 9.89. The summed E-state index contributed by atoms with van der Waals surface area (Å²) in [7, 11) is 0. The molecule has 0 aromatic rings. The first-order valence-corrected chi connectivity index (χ1v) is 7.45. The fourth-order valence-corrected chi connectivity index (χ4v) is 3.48. The van der Waals surface area contributed by atoms with Crippen LogP contribution >= 0.6 is 0 Å². The predicted molar refractivity (Wildman–Crippen MR) is 79.1 cm³/mol. The standard InChI is InChI=1S/C11H19NO.C5H10O2/c1-8(2)10-3-4-11(12,5-6-13)9(10)7-10;1-5(2,3)7-4-6/h6,8-9H,3-5,7,12H2,1-2H3;4H,1-3H3. The average molecular weight is 283 g/mol. The van der Waals surface area contributed by atoms with Gasteiger partial charge in [-0.2, -0.15) is 0 Å². The maximum atomic E-state index is 10.5. The van der Waals surface area contributed by atoms with E-state index in [2.05, 4.69) is 18.6 Å². The van der Waals surface area contributed by atoms with Crippen LogP contribution in [0.25, 0.3) is 0 Å². The first kappa shape index (κ1) is 17.2. The Labute approximate surface area is 122 Å². The summed E-state index contributed by atoms with van der Waals surface area (Å²) in [6.45, 7) is 10.5. The molecule has 20 heavy (non-hydrogen) atoms. The second-order valence-electron chi connectivity index (χ2n) is 7.57. The number of hydrogen-bond donors (Lipinski definition) is 1. The van der Waals surface area contributed by atoms with E-state index in [1.54, 1.807) is 0 Å². The van der Waals surface area contributed by atoms with Crippen LogP contribution in [0.5, 0.6) is 0 Å². The summed E-state index contributed by atoms with van der Waals surface area (Å²) < 4.78 is 4.55. The summed E-state index contributed by atoms with van der Waals surface area (Å²) in [4.78, 5) is 20.1. The fourth-order valence-electron chi connectivity index (χ4n) is 3.48. The smallest absolute Gasteiger partial charge is 0.293 e. The third-order valence-electron chi connectivity index (χ3n) is 4.88. The Morgan fingerprint density at radius 3 is 2.15 bits per heavy atom. The molecule has 0 radical (unpaired) electrons. The Hall–Kier alpha value is -0.900. The number of hydrogen-bond acceptors (Lipinski definition) is 4. The maximum absolute atomic E-state index is 10.5. The Morgan fingerprint density at radius 2 is 1.90 bits per heavy atom. The second-order valence-corrected chi connectivity index (χ2v) is 7.57. The van der Waals surface area contributed by atoms with E-state index in [1.165, 1.54) is 12.8 Å². The van der Waals surface area contributed by atoms with E-state index >= 15 is 0 Å². The molecule has 2 saturated carbocycles. The normalized spacial score (nSPS) is 34.9. The fraction of sp³-hybridized carbons (Fsp3) is 0.875. The van der Waals surface area contributed by atoms with Gasteiger partial charge in [-0.3, -0.25) is 4.79 Å². The zero-order valence-electron chi connectivity index (χ0n) is 13.4. The van der Waals surface area contributed by atoms with Gasteiger partial charge in [0.2, 0.25) is 0 Å². The molecule has 0 bridgehead atoms. The van der Waals surface area contributed by atoms with Gasteiger partial charge in [0.15, 0.2) is 0 Å². The highest BCUT2D eigenvalue weighted by Gasteiger charge is 2.67. The minimum absolute atomic E-state index is 0.147. The Bertz CT molecular complexity index is 361. The van der Waals surface area contributed by atoms with Crippen molar-refractivity contribution in [3.05, 3.63) is 0 Å². The minimum atomic E-state index is -0.318. The van der Waals surface area contributed by atoms with Gasteiger partial charge in [0.05, 0.1) is 0 Å². The molecule has 0 aromatic heterocycles. The molecule has 3 atom stereocenters. The zero-order chi connectivity index (χ0) is 15.6. The van der Waals surface area contributed by atoms with Crippen LogP contribution in [-0.2, 0) is 14.3 Å². The summed E-state index contributed by atoms with van der Waals surface area (Å²) in [5, 5.41) is 0. The number of aldehydes is 1. The highest BCUT2D eigenvalue weighted by Crippen LogP contribution is 2.70. The molecule has 2 aliphatic rings. The first-order valence-electron chi connectivity index (χ1n) is 7.45. The van der Waals surface area contributed by atoms with Gasteiger partial charge in [0.1, 0.15) is 11.9 Å². The van der Waals surface area contributed by atoms with Crippen molar-refractivity contribution >= 4 is 12.8 Å². The van der Waals surface area contributed by atoms with Crippen LogP contribution in [0, 0.1) is 17.3 Å². The first-order chi connectivity index (χ1) is 9.11. The van der Waals surface area contributed by atoms with Crippen molar-refractivity contribution in [2.75, 3.05) is 0 Å². The van der Waals surface area contributed by atoms with Gasteiger partial charge in [-0.1, -0.05) is 13.8 Å². The summed E-state index contributed by atoms with van der Waals surface area (Å²) in [6.07, 6.45) is 5.10. The quantitative estimate of drug-likeness (QED) is 0.805. The van der Waals surface area contributed by atoms with E-state index in [0.717, 1.165) is 18.6 Å². The zero-order valence-corrected chi connectivity index (χ0v) is 13.4. The maximum Gasteiger partial charge on any atom is 0.293 e. The summed E-state index contributed by atoms with van der Waals surface area (Å²) >= 11 is 0. The second kappa shape index (κ2) is 5.84. The van der Waals surface area contributed by atoms with E-state index in [1.807, 2.05) is 20.8 Å². The Balaban J connectivity index is 0.000000246. The van der Waals surface area contributed by atoms with Crippen molar-refractivity contribution in [2.45, 2.75) is 71.4 Å². The molecular weight excluding hydrogens is 254 g/mol. The number of fused-ring (bicyclic) bond motifs is 1. The number of nitrogens with two attached hydrogens (primary N) is 1. The molecule has 2 fully saturated rings. The Morgan fingerprint density at radius 1 is 1.30 bits per heavy atom. The number of rotatable bonds is 4. The number of carbonyl (C=O) groups is 2. The van der Waals surface area contributed by atoms with Crippen molar-refractivity contribution in [3.63, 3.8) is 0 Å². The minimum Gasteiger partial charge on any atom is -0.462 e. The van der Waals surface area contributed by atoms with Crippen LogP contribution < -0.4 is 5.73 Å². The van der Waals surface area contributed by atoms with E-state index in [-0.39, 0.29) is 11.1 Å². The van der Waals surface area contributed by atoms with Gasteiger partial charge in [-0.15, -0.1) is 0 Å². The molecule has 3 unspecified atom stereocenters. The lowest BCUT2D eigenvalue weighted by molar-refractivity contribution is -0.138. The van der Waals surface area contributed by atoms with Crippen LogP contribution in [0.4, 0.5) is 0 Å². The lowest BCUT2D eigenvalue weighted by Gasteiger charge is -2.22. The molecule has 0 aliphatic heterocycles. The average Bonchev–Trinajstić information content (AvgIpc) is 2.97. The van der Waals surface area contributed by atoms with Gasteiger partial charge in [0.25, 0.3) is 6.47 Å². The predicted octanol–water partition coefficient (Wildman–Crippen LogP) is 2.69. The molecular formula is C16H29NO3. The number of ether oxygens (including phenoxy) is 1. The molecule has 116 valence electrons. The van der Waals surface area contributed by atoms with E-state index < -0.39 is 0 Å². The van der Waals surface area contributed by atoms with Crippen molar-refractivity contribution in [1.82, 2.24) is 0 Å². The van der Waals surface area contributed by atoms with Crippen LogP contribution in [0.2, 0.25) is 0 Å². The van der Waals surface area contributed by atoms with Crippen LogP contribution in [0.3, 0.4) is 0 Å². The van der Waals surface area contributed by atoms with Crippen molar-refractivity contribution in [3.8, 4) is 0 Å². The molecule has 0 heterocycles. The molecule has 0 spiro atoms.